The minimum absolute atomic E-state index is 0.153. The van der Waals surface area contributed by atoms with Gasteiger partial charge in [-0.15, -0.1) is 0 Å². The van der Waals surface area contributed by atoms with Gasteiger partial charge in [0.15, 0.2) is 11.5 Å². The number of hydrogen-bond donors (Lipinski definition) is 2. The van der Waals surface area contributed by atoms with E-state index in [9.17, 15) is 4.79 Å². The number of nitrogens with zero attached hydrogens (tertiary/aromatic N) is 1. The normalized spacial score (nSPS) is 13.0. The van der Waals surface area contributed by atoms with Gasteiger partial charge in [0.2, 0.25) is 5.95 Å². The highest BCUT2D eigenvalue weighted by atomic mass is 16.6. The first-order valence-electron chi connectivity index (χ1n) is 7.41. The van der Waals surface area contributed by atoms with Crippen molar-refractivity contribution in [3.63, 3.8) is 0 Å². The van der Waals surface area contributed by atoms with Crippen LogP contribution in [0.25, 0.3) is 10.9 Å². The molecule has 2 heterocycles. The predicted molar refractivity (Wildman–Crippen MR) is 87.1 cm³/mol. The van der Waals surface area contributed by atoms with Gasteiger partial charge in [0, 0.05) is 6.54 Å². The first-order valence-corrected chi connectivity index (χ1v) is 7.41. The third-order valence-electron chi connectivity index (χ3n) is 3.68. The molecule has 6 heteroatoms. The molecule has 0 atom stereocenters. The molecule has 2 N–H and O–H groups in total. The molecule has 0 unspecified atom stereocenters. The van der Waals surface area contributed by atoms with E-state index < -0.39 is 0 Å². The maximum atomic E-state index is 12.0. The minimum atomic E-state index is -0.153. The second-order valence-electron chi connectivity index (χ2n) is 5.26. The Hall–Kier alpha value is -3.02. The van der Waals surface area contributed by atoms with Crippen molar-refractivity contribution < 1.29 is 9.47 Å². The summed E-state index contributed by atoms with van der Waals surface area (Å²) in [6.07, 6.45) is 0. The minimum Gasteiger partial charge on any atom is -0.486 e. The highest BCUT2D eigenvalue weighted by Gasteiger charge is 2.11. The summed E-state index contributed by atoms with van der Waals surface area (Å²) in [6.45, 7) is 1.66. The average Bonchev–Trinajstić information content (AvgIpc) is 2.60. The Morgan fingerprint density at radius 3 is 2.83 bits per heavy atom. The van der Waals surface area contributed by atoms with E-state index in [-0.39, 0.29) is 5.56 Å². The van der Waals surface area contributed by atoms with Gasteiger partial charge in [-0.05, 0) is 29.8 Å². The Morgan fingerprint density at radius 2 is 1.91 bits per heavy atom. The van der Waals surface area contributed by atoms with Crippen molar-refractivity contribution in [2.45, 2.75) is 6.54 Å². The number of ether oxygens (including phenoxy) is 2. The SMILES string of the molecule is O=c1[nH]c(NCc2ccc3c(c2)OCCO3)nc2ccccc12. The summed E-state index contributed by atoms with van der Waals surface area (Å²) in [4.78, 5) is 19.2. The van der Waals surface area contributed by atoms with Crippen molar-refractivity contribution in [1.29, 1.82) is 0 Å². The number of benzene rings is 2. The van der Waals surface area contributed by atoms with E-state index in [0.717, 1.165) is 17.1 Å². The van der Waals surface area contributed by atoms with Gasteiger partial charge in [0.05, 0.1) is 10.9 Å². The molecule has 0 radical (unpaired) electrons. The van der Waals surface area contributed by atoms with Crippen molar-refractivity contribution >= 4 is 16.9 Å². The van der Waals surface area contributed by atoms with Crippen LogP contribution in [-0.4, -0.2) is 23.2 Å². The summed E-state index contributed by atoms with van der Waals surface area (Å²) in [6, 6.07) is 13.0. The summed E-state index contributed by atoms with van der Waals surface area (Å²) in [5, 5.41) is 3.72. The molecule has 1 aliphatic heterocycles. The van der Waals surface area contributed by atoms with Crippen LogP contribution in [0, 0.1) is 0 Å². The second kappa shape index (κ2) is 5.64. The third-order valence-corrected chi connectivity index (χ3v) is 3.68. The fraction of sp³-hybridized carbons (Fsp3) is 0.176. The lowest BCUT2D eigenvalue weighted by molar-refractivity contribution is 0.171. The van der Waals surface area contributed by atoms with Crippen LogP contribution in [0.15, 0.2) is 47.3 Å². The number of para-hydroxylation sites is 1. The van der Waals surface area contributed by atoms with Crippen LogP contribution in [0.5, 0.6) is 11.5 Å². The molecule has 0 bridgehead atoms. The lowest BCUT2D eigenvalue weighted by Gasteiger charge is -2.19. The average molecular weight is 309 g/mol. The van der Waals surface area contributed by atoms with Gasteiger partial charge in [-0.2, -0.15) is 0 Å². The standard InChI is InChI=1S/C17H15N3O3/c21-16-12-3-1-2-4-13(12)19-17(20-16)18-10-11-5-6-14-15(9-11)23-8-7-22-14/h1-6,9H,7-8,10H2,(H2,18,19,20,21). The van der Waals surface area contributed by atoms with Gasteiger partial charge in [0.25, 0.3) is 5.56 Å². The second-order valence-corrected chi connectivity index (χ2v) is 5.26. The largest absolute Gasteiger partial charge is 0.486 e. The number of aromatic nitrogens is 2. The molecule has 0 spiro atoms. The zero-order valence-electron chi connectivity index (χ0n) is 12.3. The van der Waals surface area contributed by atoms with E-state index in [1.54, 1.807) is 6.07 Å². The molecule has 0 aliphatic carbocycles. The van der Waals surface area contributed by atoms with Gasteiger partial charge in [-0.1, -0.05) is 18.2 Å². The summed E-state index contributed by atoms with van der Waals surface area (Å²) in [5.74, 6) is 1.95. The molecule has 23 heavy (non-hydrogen) atoms. The monoisotopic (exact) mass is 309 g/mol. The summed E-state index contributed by atoms with van der Waals surface area (Å²) in [5.41, 5.74) is 1.53. The molecular weight excluding hydrogens is 294 g/mol. The third kappa shape index (κ3) is 2.70. The first kappa shape index (κ1) is 13.6. The van der Waals surface area contributed by atoms with Gasteiger partial charge in [0.1, 0.15) is 13.2 Å². The van der Waals surface area contributed by atoms with Crippen molar-refractivity contribution in [2.24, 2.45) is 0 Å². The molecule has 6 nitrogen and oxygen atoms in total. The van der Waals surface area contributed by atoms with Crippen LogP contribution >= 0.6 is 0 Å². The number of rotatable bonds is 3. The summed E-state index contributed by atoms with van der Waals surface area (Å²) < 4.78 is 11.1. The smallest absolute Gasteiger partial charge is 0.260 e. The number of nitrogens with one attached hydrogen (secondary N) is 2. The van der Waals surface area contributed by atoms with Gasteiger partial charge in [-0.25, -0.2) is 4.98 Å². The number of fused-ring (bicyclic) bond motifs is 2. The number of H-pyrrole nitrogens is 1. The zero-order valence-corrected chi connectivity index (χ0v) is 12.3. The Morgan fingerprint density at radius 1 is 1.09 bits per heavy atom. The van der Waals surface area contributed by atoms with Crippen LogP contribution in [0.3, 0.4) is 0 Å². The van der Waals surface area contributed by atoms with Crippen LogP contribution in [0.4, 0.5) is 5.95 Å². The highest BCUT2D eigenvalue weighted by molar-refractivity contribution is 5.78. The molecule has 0 saturated heterocycles. The molecule has 1 aliphatic rings. The van der Waals surface area contributed by atoms with Gasteiger partial charge < -0.3 is 14.8 Å². The molecule has 116 valence electrons. The van der Waals surface area contributed by atoms with E-state index in [4.69, 9.17) is 9.47 Å². The van der Waals surface area contributed by atoms with Crippen molar-refractivity contribution in [2.75, 3.05) is 18.5 Å². The van der Waals surface area contributed by atoms with E-state index in [0.29, 0.717) is 36.6 Å². The molecule has 3 aromatic rings. The first-order chi connectivity index (χ1) is 11.3. The van der Waals surface area contributed by atoms with Gasteiger partial charge in [-0.3, -0.25) is 9.78 Å². The molecule has 0 saturated carbocycles. The predicted octanol–water partition coefficient (Wildman–Crippen LogP) is 2.31. The molecule has 0 fully saturated rings. The van der Waals surface area contributed by atoms with E-state index in [1.165, 1.54) is 0 Å². The Balaban J connectivity index is 1.56. The lowest BCUT2D eigenvalue weighted by atomic mass is 10.2. The Kier molecular flexibility index (Phi) is 3.34. The van der Waals surface area contributed by atoms with E-state index >= 15 is 0 Å². The van der Waals surface area contributed by atoms with Gasteiger partial charge >= 0.3 is 0 Å². The fourth-order valence-electron chi connectivity index (χ4n) is 2.55. The Labute approximate surface area is 132 Å². The number of anilines is 1. The quantitative estimate of drug-likeness (QED) is 0.776. The van der Waals surface area contributed by atoms with Crippen LogP contribution in [0.2, 0.25) is 0 Å². The van der Waals surface area contributed by atoms with Crippen molar-refractivity contribution in [3.8, 4) is 11.5 Å². The van der Waals surface area contributed by atoms with E-state index in [1.807, 2.05) is 36.4 Å². The van der Waals surface area contributed by atoms with Crippen molar-refractivity contribution in [1.82, 2.24) is 9.97 Å². The van der Waals surface area contributed by atoms with E-state index in [2.05, 4.69) is 15.3 Å². The number of aromatic amines is 1. The zero-order chi connectivity index (χ0) is 15.6. The molecule has 1 aromatic heterocycles. The highest BCUT2D eigenvalue weighted by Crippen LogP contribution is 2.30. The van der Waals surface area contributed by atoms with Crippen molar-refractivity contribution in [3.05, 3.63) is 58.4 Å². The fourth-order valence-corrected chi connectivity index (χ4v) is 2.55. The lowest BCUT2D eigenvalue weighted by Crippen LogP contribution is -2.16. The summed E-state index contributed by atoms with van der Waals surface area (Å²) in [7, 11) is 0. The molecule has 4 rings (SSSR count). The number of hydrogen-bond acceptors (Lipinski definition) is 5. The Bertz CT molecular complexity index is 920. The van der Waals surface area contributed by atoms with Crippen LogP contribution < -0.4 is 20.3 Å². The van der Waals surface area contributed by atoms with Crippen LogP contribution in [-0.2, 0) is 6.54 Å². The van der Waals surface area contributed by atoms with Crippen LogP contribution in [0.1, 0.15) is 5.56 Å². The maximum absolute atomic E-state index is 12.0. The summed E-state index contributed by atoms with van der Waals surface area (Å²) >= 11 is 0. The molecular formula is C17H15N3O3. The topological polar surface area (TPSA) is 76.2 Å². The molecule has 2 aromatic carbocycles. The maximum Gasteiger partial charge on any atom is 0.260 e. The molecule has 0 amide bonds.